The van der Waals surface area contributed by atoms with Gasteiger partial charge in [-0.15, -0.1) is 0 Å². The van der Waals surface area contributed by atoms with Crippen LogP contribution in [0, 0.1) is 0 Å². The molecule has 0 saturated carbocycles. The summed E-state index contributed by atoms with van der Waals surface area (Å²) in [6.07, 6.45) is 1.34. The first kappa shape index (κ1) is 17.0. The molecule has 1 aliphatic rings. The summed E-state index contributed by atoms with van der Waals surface area (Å²) in [5.41, 5.74) is 3.27. The number of rotatable bonds is 6. The summed E-state index contributed by atoms with van der Waals surface area (Å²) in [6, 6.07) is 12.6. The molecule has 0 unspecified atom stereocenters. The van der Waals surface area contributed by atoms with Crippen LogP contribution < -0.4 is 9.47 Å². The minimum absolute atomic E-state index is 0.0848. The summed E-state index contributed by atoms with van der Waals surface area (Å²) in [4.78, 5) is 11.2. The number of phenolic OH excluding ortho intramolecular Hbond substituents is 1. The number of carbonyl (C=O) groups excluding carboxylic acids is 1. The summed E-state index contributed by atoms with van der Waals surface area (Å²) >= 11 is 0. The lowest BCUT2D eigenvalue weighted by Crippen LogP contribution is -2.16. The first-order valence-corrected chi connectivity index (χ1v) is 8.06. The Kier molecular flexibility index (Phi) is 5.36. The smallest absolute Gasteiger partial charge is 0.157 e. The summed E-state index contributed by atoms with van der Waals surface area (Å²) in [7, 11) is 1.64. The lowest BCUT2D eigenvalue weighted by atomic mass is 9.96. The second-order valence-electron chi connectivity index (χ2n) is 5.68. The second-order valence-corrected chi connectivity index (χ2v) is 5.68. The Morgan fingerprint density at radius 2 is 1.96 bits per heavy atom. The van der Waals surface area contributed by atoms with E-state index in [0.717, 1.165) is 28.9 Å². The first-order valence-electron chi connectivity index (χ1n) is 8.06. The van der Waals surface area contributed by atoms with Gasteiger partial charge in [-0.3, -0.25) is 4.79 Å². The normalized spacial score (nSPS) is 14.3. The highest BCUT2D eigenvalue weighted by Crippen LogP contribution is 2.33. The van der Waals surface area contributed by atoms with Crippen molar-refractivity contribution in [2.75, 3.05) is 26.9 Å². The molecule has 0 aliphatic carbocycles. The molecule has 5 heteroatoms. The molecule has 0 spiro atoms. The van der Waals surface area contributed by atoms with Gasteiger partial charge < -0.3 is 19.3 Å². The summed E-state index contributed by atoms with van der Waals surface area (Å²) in [5, 5.41) is 9.77. The van der Waals surface area contributed by atoms with Gasteiger partial charge >= 0.3 is 0 Å². The molecule has 0 fully saturated rings. The monoisotopic (exact) mass is 340 g/mol. The largest absolute Gasteiger partial charge is 0.507 e. The van der Waals surface area contributed by atoms with Crippen LogP contribution in [0.4, 0.5) is 0 Å². The SMILES string of the molecule is COc1ccccc1C1=C(COc2cccc(O)c2C=O)CCOC1. The Hall–Kier alpha value is -2.79. The highest BCUT2D eigenvalue weighted by atomic mass is 16.5. The zero-order valence-electron chi connectivity index (χ0n) is 14.0. The van der Waals surface area contributed by atoms with Crippen LogP contribution in [-0.4, -0.2) is 38.3 Å². The molecule has 1 heterocycles. The van der Waals surface area contributed by atoms with Gasteiger partial charge in [0, 0.05) is 5.56 Å². The number of para-hydroxylation sites is 1. The fourth-order valence-electron chi connectivity index (χ4n) is 2.89. The number of hydrogen-bond acceptors (Lipinski definition) is 5. The molecule has 2 aromatic carbocycles. The van der Waals surface area contributed by atoms with E-state index in [2.05, 4.69) is 0 Å². The first-order chi connectivity index (χ1) is 12.2. The van der Waals surface area contributed by atoms with E-state index in [1.165, 1.54) is 6.07 Å². The fourth-order valence-corrected chi connectivity index (χ4v) is 2.89. The quantitative estimate of drug-likeness (QED) is 0.816. The standard InChI is InChI=1S/C20H20O5/c1-23-19-7-3-2-5-15(19)17-13-24-10-9-14(17)12-25-20-8-4-6-18(22)16(20)11-21/h2-8,11,22H,9-10,12-13H2,1H3. The van der Waals surface area contributed by atoms with Crippen molar-refractivity contribution >= 4 is 11.9 Å². The fraction of sp³-hybridized carbons (Fsp3) is 0.250. The number of hydrogen-bond donors (Lipinski definition) is 1. The van der Waals surface area contributed by atoms with Gasteiger partial charge in [0.1, 0.15) is 23.9 Å². The van der Waals surface area contributed by atoms with Gasteiger partial charge in [-0.1, -0.05) is 24.3 Å². The van der Waals surface area contributed by atoms with Crippen LogP contribution in [0.2, 0.25) is 0 Å². The molecule has 25 heavy (non-hydrogen) atoms. The molecule has 2 aromatic rings. The minimum Gasteiger partial charge on any atom is -0.507 e. The topological polar surface area (TPSA) is 65.0 Å². The average Bonchev–Trinajstić information content (AvgIpc) is 2.66. The molecule has 0 radical (unpaired) electrons. The number of methoxy groups -OCH3 is 1. The third-order valence-electron chi connectivity index (χ3n) is 4.22. The van der Waals surface area contributed by atoms with Crippen molar-refractivity contribution in [1.82, 2.24) is 0 Å². The molecule has 1 N–H and O–H groups in total. The lowest BCUT2D eigenvalue weighted by Gasteiger charge is -2.23. The van der Waals surface area contributed by atoms with Crippen LogP contribution in [-0.2, 0) is 4.74 Å². The number of aldehydes is 1. The molecule has 1 aliphatic heterocycles. The van der Waals surface area contributed by atoms with Crippen LogP contribution in [0.3, 0.4) is 0 Å². The Labute approximate surface area is 146 Å². The van der Waals surface area contributed by atoms with Gasteiger partial charge in [-0.05, 0) is 35.8 Å². The van der Waals surface area contributed by atoms with Crippen molar-refractivity contribution < 1.29 is 24.1 Å². The third-order valence-corrected chi connectivity index (χ3v) is 4.22. The molecule has 130 valence electrons. The highest BCUT2D eigenvalue weighted by molar-refractivity contribution is 5.83. The van der Waals surface area contributed by atoms with Gasteiger partial charge in [0.25, 0.3) is 0 Å². The van der Waals surface area contributed by atoms with E-state index in [-0.39, 0.29) is 11.3 Å². The summed E-state index contributed by atoms with van der Waals surface area (Å²) in [5.74, 6) is 1.07. The third kappa shape index (κ3) is 3.67. The molecule has 0 amide bonds. The molecule has 0 bridgehead atoms. The maximum Gasteiger partial charge on any atom is 0.157 e. The summed E-state index contributed by atoms with van der Waals surface area (Å²) < 4.78 is 16.9. The summed E-state index contributed by atoms with van der Waals surface area (Å²) in [6.45, 7) is 1.43. The van der Waals surface area contributed by atoms with Crippen LogP contribution in [0.25, 0.3) is 5.57 Å². The van der Waals surface area contributed by atoms with E-state index >= 15 is 0 Å². The van der Waals surface area contributed by atoms with Crippen LogP contribution in [0.15, 0.2) is 48.0 Å². The predicted octanol–water partition coefficient (Wildman–Crippen LogP) is 3.47. The Morgan fingerprint density at radius 1 is 1.16 bits per heavy atom. The van der Waals surface area contributed by atoms with E-state index < -0.39 is 0 Å². The number of phenols is 1. The zero-order chi connectivity index (χ0) is 17.6. The zero-order valence-corrected chi connectivity index (χ0v) is 14.0. The van der Waals surface area contributed by atoms with E-state index in [1.807, 2.05) is 24.3 Å². The lowest BCUT2D eigenvalue weighted by molar-refractivity contribution is 0.111. The van der Waals surface area contributed by atoms with E-state index in [1.54, 1.807) is 19.2 Å². The Balaban J connectivity index is 1.90. The number of aromatic hydroxyl groups is 1. The van der Waals surface area contributed by atoms with Crippen LogP contribution >= 0.6 is 0 Å². The number of ether oxygens (including phenoxy) is 3. The van der Waals surface area contributed by atoms with E-state index in [4.69, 9.17) is 14.2 Å². The number of carbonyl (C=O) groups is 1. The van der Waals surface area contributed by atoms with Crippen molar-refractivity contribution in [3.63, 3.8) is 0 Å². The second kappa shape index (κ2) is 7.85. The molecule has 5 nitrogen and oxygen atoms in total. The minimum atomic E-state index is -0.0848. The molecule has 3 rings (SSSR count). The molecule has 0 atom stereocenters. The van der Waals surface area contributed by atoms with Gasteiger partial charge in [0.15, 0.2) is 6.29 Å². The maximum absolute atomic E-state index is 11.2. The van der Waals surface area contributed by atoms with Gasteiger partial charge in [-0.2, -0.15) is 0 Å². The van der Waals surface area contributed by atoms with Crippen molar-refractivity contribution in [3.05, 3.63) is 59.2 Å². The van der Waals surface area contributed by atoms with Crippen LogP contribution in [0.1, 0.15) is 22.3 Å². The van der Waals surface area contributed by atoms with Gasteiger partial charge in [0.2, 0.25) is 0 Å². The average molecular weight is 340 g/mol. The molecular formula is C20H20O5. The Bertz CT molecular complexity index is 794. The van der Waals surface area contributed by atoms with E-state index in [0.29, 0.717) is 31.9 Å². The van der Waals surface area contributed by atoms with Crippen molar-refractivity contribution in [2.45, 2.75) is 6.42 Å². The molecular weight excluding hydrogens is 320 g/mol. The number of benzene rings is 2. The predicted molar refractivity (Wildman–Crippen MR) is 94.3 cm³/mol. The van der Waals surface area contributed by atoms with Gasteiger partial charge in [0.05, 0.1) is 25.9 Å². The van der Waals surface area contributed by atoms with Gasteiger partial charge in [-0.25, -0.2) is 0 Å². The van der Waals surface area contributed by atoms with Crippen molar-refractivity contribution in [3.8, 4) is 17.2 Å². The Morgan fingerprint density at radius 3 is 2.76 bits per heavy atom. The van der Waals surface area contributed by atoms with Crippen LogP contribution in [0.5, 0.6) is 17.2 Å². The molecule has 0 aromatic heterocycles. The maximum atomic E-state index is 11.2. The van der Waals surface area contributed by atoms with Crippen molar-refractivity contribution in [1.29, 1.82) is 0 Å². The highest BCUT2D eigenvalue weighted by Gasteiger charge is 2.19. The van der Waals surface area contributed by atoms with E-state index in [9.17, 15) is 9.90 Å². The van der Waals surface area contributed by atoms with Crippen molar-refractivity contribution in [2.24, 2.45) is 0 Å². The molecule has 0 saturated heterocycles.